The number of nitrogens with zero attached hydrogens (tertiary/aromatic N) is 1. The normalized spacial score (nSPS) is 11.4. The maximum atomic E-state index is 13.6. The Morgan fingerprint density at radius 3 is 2.35 bits per heavy atom. The molecule has 0 saturated carbocycles. The maximum Gasteiger partial charge on any atom is 0.247 e. The molecule has 0 heterocycles. The maximum absolute atomic E-state index is 13.6. The first kappa shape index (κ1) is 25.7. The third kappa shape index (κ3) is 6.82. The number of nitrogens with one attached hydrogen (secondary N) is 1. The van der Waals surface area contributed by atoms with E-state index in [0.717, 1.165) is 29.1 Å². The fourth-order valence-electron chi connectivity index (χ4n) is 3.50. The number of unbranched alkanes of at least 4 members (excludes halogenated alkanes) is 1. The quantitative estimate of drug-likeness (QED) is 0.376. The van der Waals surface area contributed by atoms with E-state index in [1.807, 2.05) is 54.6 Å². The summed E-state index contributed by atoms with van der Waals surface area (Å²) in [6, 6.07) is 21.1. The van der Waals surface area contributed by atoms with E-state index >= 15 is 0 Å². The summed E-state index contributed by atoms with van der Waals surface area (Å²) >= 11 is 6.08. The average molecular weight is 501 g/mol. The van der Waals surface area contributed by atoms with Gasteiger partial charge in [-0.2, -0.15) is 4.31 Å². The number of sulfonamides is 1. The molecule has 0 aliphatic heterocycles. The molecule has 0 aliphatic carbocycles. The van der Waals surface area contributed by atoms with Crippen molar-refractivity contribution in [3.63, 3.8) is 0 Å². The van der Waals surface area contributed by atoms with Crippen molar-refractivity contribution >= 4 is 33.2 Å². The Kier molecular flexibility index (Phi) is 9.10. The van der Waals surface area contributed by atoms with E-state index < -0.39 is 15.9 Å². The molecule has 0 bridgehead atoms. The zero-order valence-electron chi connectivity index (χ0n) is 19.3. The molecule has 0 aliphatic rings. The Balaban J connectivity index is 1.85. The molecule has 0 radical (unpaired) electrons. The molecule has 1 amide bonds. The van der Waals surface area contributed by atoms with Gasteiger partial charge in [0.2, 0.25) is 15.9 Å². The summed E-state index contributed by atoms with van der Waals surface area (Å²) in [6.45, 7) is 1.79. The van der Waals surface area contributed by atoms with Crippen LogP contribution in [0.2, 0.25) is 5.02 Å². The lowest BCUT2D eigenvalue weighted by atomic mass is 10.1. The topological polar surface area (TPSA) is 75.7 Å². The number of amides is 1. The second kappa shape index (κ2) is 12.0. The van der Waals surface area contributed by atoms with E-state index in [0.29, 0.717) is 5.69 Å². The molecule has 180 valence electrons. The van der Waals surface area contributed by atoms with Gasteiger partial charge >= 0.3 is 0 Å². The van der Waals surface area contributed by atoms with E-state index in [1.165, 1.54) is 24.8 Å². The number of hydrogen-bond acceptors (Lipinski definition) is 4. The molecule has 34 heavy (non-hydrogen) atoms. The van der Waals surface area contributed by atoms with Gasteiger partial charge in [0.25, 0.3) is 0 Å². The summed E-state index contributed by atoms with van der Waals surface area (Å²) < 4.78 is 33.6. The molecule has 3 rings (SSSR count). The molecule has 3 aromatic rings. The van der Waals surface area contributed by atoms with Gasteiger partial charge in [-0.15, -0.1) is 0 Å². The number of benzene rings is 3. The van der Waals surface area contributed by atoms with Gasteiger partial charge in [-0.05, 0) is 54.3 Å². The van der Waals surface area contributed by atoms with Gasteiger partial charge in [-0.3, -0.25) is 4.79 Å². The van der Waals surface area contributed by atoms with Crippen molar-refractivity contribution in [2.75, 3.05) is 19.0 Å². The molecule has 0 aromatic heterocycles. The Morgan fingerprint density at radius 1 is 1.00 bits per heavy atom. The van der Waals surface area contributed by atoms with Crippen LogP contribution in [0.1, 0.15) is 30.9 Å². The minimum absolute atomic E-state index is 0.0161. The molecular weight excluding hydrogens is 472 g/mol. The monoisotopic (exact) mass is 500 g/mol. The van der Waals surface area contributed by atoms with Gasteiger partial charge < -0.3 is 10.1 Å². The molecule has 3 aromatic carbocycles. The standard InChI is InChI=1S/C26H29ClN2O4S/c1-3-4-8-20-11-14-23(15-12-20)28-26(30)19-29(18-21-9-6-5-7-10-21)34(31,32)25-17-22(27)13-16-24(25)33-2/h5-7,9-17H,3-4,8,18-19H2,1-2H3,(H,28,30). The lowest BCUT2D eigenvalue weighted by Crippen LogP contribution is -2.37. The number of hydrogen-bond donors (Lipinski definition) is 1. The van der Waals surface area contributed by atoms with Crippen LogP contribution in [-0.4, -0.2) is 32.3 Å². The van der Waals surface area contributed by atoms with Gasteiger partial charge in [0, 0.05) is 17.3 Å². The zero-order valence-corrected chi connectivity index (χ0v) is 20.9. The first-order chi connectivity index (χ1) is 16.3. The number of aryl methyl sites for hydroxylation is 1. The number of anilines is 1. The predicted octanol–water partition coefficient (Wildman–Crippen LogP) is 5.52. The molecular formula is C26H29ClN2O4S. The van der Waals surface area contributed by atoms with E-state index in [-0.39, 0.29) is 28.8 Å². The van der Waals surface area contributed by atoms with Crippen LogP contribution in [0.4, 0.5) is 5.69 Å². The zero-order chi connectivity index (χ0) is 24.6. The summed E-state index contributed by atoms with van der Waals surface area (Å²) in [6.07, 6.45) is 3.20. The fraction of sp³-hybridized carbons (Fsp3) is 0.269. The Morgan fingerprint density at radius 2 is 1.71 bits per heavy atom. The lowest BCUT2D eigenvalue weighted by molar-refractivity contribution is -0.116. The van der Waals surface area contributed by atoms with Crippen LogP contribution in [0, 0.1) is 0 Å². The van der Waals surface area contributed by atoms with Crippen molar-refractivity contribution in [1.82, 2.24) is 4.31 Å². The summed E-state index contributed by atoms with van der Waals surface area (Å²) in [4.78, 5) is 12.8. The van der Waals surface area contributed by atoms with Gasteiger partial charge in [0.1, 0.15) is 10.6 Å². The number of methoxy groups -OCH3 is 1. The molecule has 0 spiro atoms. The van der Waals surface area contributed by atoms with E-state index in [9.17, 15) is 13.2 Å². The second-order valence-electron chi connectivity index (χ2n) is 7.90. The van der Waals surface area contributed by atoms with Crippen LogP contribution >= 0.6 is 11.6 Å². The average Bonchev–Trinajstić information content (AvgIpc) is 2.84. The molecule has 0 unspecified atom stereocenters. The highest BCUT2D eigenvalue weighted by Gasteiger charge is 2.30. The van der Waals surface area contributed by atoms with Crippen LogP contribution in [0.25, 0.3) is 0 Å². The summed E-state index contributed by atoms with van der Waals surface area (Å²) in [5, 5.41) is 3.06. The van der Waals surface area contributed by atoms with Crippen molar-refractivity contribution < 1.29 is 17.9 Å². The van der Waals surface area contributed by atoms with Crippen molar-refractivity contribution in [2.45, 2.75) is 37.6 Å². The summed E-state index contributed by atoms with van der Waals surface area (Å²) in [7, 11) is -2.72. The van der Waals surface area contributed by atoms with E-state index in [1.54, 1.807) is 6.07 Å². The van der Waals surface area contributed by atoms with Crippen molar-refractivity contribution in [3.8, 4) is 5.75 Å². The van der Waals surface area contributed by atoms with E-state index in [4.69, 9.17) is 16.3 Å². The third-order valence-corrected chi connectivity index (χ3v) is 7.37. The lowest BCUT2D eigenvalue weighted by Gasteiger charge is -2.23. The molecule has 0 saturated heterocycles. The number of halogens is 1. The fourth-order valence-corrected chi connectivity index (χ4v) is 5.30. The van der Waals surface area contributed by atoms with Crippen molar-refractivity contribution in [1.29, 1.82) is 0 Å². The minimum Gasteiger partial charge on any atom is -0.495 e. The molecule has 8 heteroatoms. The Hall–Kier alpha value is -2.87. The Bertz CT molecular complexity index is 1200. The van der Waals surface area contributed by atoms with Gasteiger partial charge in [-0.1, -0.05) is 67.4 Å². The number of carbonyl (C=O) groups excluding carboxylic acids is 1. The minimum atomic E-state index is -4.11. The van der Waals surface area contributed by atoms with Crippen LogP contribution in [0.5, 0.6) is 5.75 Å². The molecule has 0 atom stereocenters. The predicted molar refractivity (Wildman–Crippen MR) is 136 cm³/mol. The smallest absolute Gasteiger partial charge is 0.247 e. The van der Waals surface area contributed by atoms with Crippen LogP contribution < -0.4 is 10.1 Å². The van der Waals surface area contributed by atoms with Crippen LogP contribution in [0.3, 0.4) is 0 Å². The third-order valence-electron chi connectivity index (χ3n) is 5.32. The van der Waals surface area contributed by atoms with Gasteiger partial charge in [0.15, 0.2) is 0 Å². The van der Waals surface area contributed by atoms with Crippen molar-refractivity contribution in [3.05, 3.63) is 88.9 Å². The summed E-state index contributed by atoms with van der Waals surface area (Å²) in [5.74, 6) is -0.285. The molecule has 0 fully saturated rings. The highest BCUT2D eigenvalue weighted by atomic mass is 35.5. The number of ether oxygens (including phenoxy) is 1. The van der Waals surface area contributed by atoms with Gasteiger partial charge in [-0.25, -0.2) is 8.42 Å². The van der Waals surface area contributed by atoms with Crippen LogP contribution in [-0.2, 0) is 27.8 Å². The molecule has 1 N–H and O–H groups in total. The first-order valence-corrected chi connectivity index (χ1v) is 12.9. The highest BCUT2D eigenvalue weighted by molar-refractivity contribution is 7.89. The second-order valence-corrected chi connectivity index (χ2v) is 10.2. The van der Waals surface area contributed by atoms with Crippen molar-refractivity contribution in [2.24, 2.45) is 0 Å². The summed E-state index contributed by atoms with van der Waals surface area (Å²) in [5.41, 5.74) is 2.56. The Labute approximate surface area is 206 Å². The highest BCUT2D eigenvalue weighted by Crippen LogP contribution is 2.30. The molecule has 6 nitrogen and oxygen atoms in total. The number of rotatable bonds is 11. The van der Waals surface area contributed by atoms with Crippen LogP contribution in [0.15, 0.2) is 77.7 Å². The SMILES string of the molecule is CCCCc1ccc(NC(=O)CN(Cc2ccccc2)S(=O)(=O)c2cc(Cl)ccc2OC)cc1. The first-order valence-electron chi connectivity index (χ1n) is 11.1. The number of carbonyl (C=O) groups is 1. The van der Waals surface area contributed by atoms with Gasteiger partial charge in [0.05, 0.1) is 13.7 Å². The largest absolute Gasteiger partial charge is 0.495 e. The van der Waals surface area contributed by atoms with E-state index in [2.05, 4.69) is 12.2 Å².